The fourth-order valence-electron chi connectivity index (χ4n) is 3.82. The number of aliphatic hydroxyl groups is 1. The molecule has 1 unspecified atom stereocenters. The summed E-state index contributed by atoms with van der Waals surface area (Å²) in [5.74, 6) is 1.12. The van der Waals surface area contributed by atoms with E-state index in [1.54, 1.807) is 7.05 Å². The number of hydrogen-bond donors (Lipinski definition) is 3. The maximum atomic E-state index is 13.2. The zero-order valence-electron chi connectivity index (χ0n) is 16.6. The van der Waals surface area contributed by atoms with Crippen molar-refractivity contribution in [3.05, 3.63) is 46.2 Å². The molecular weight excluding hydrogens is 370 g/mol. The maximum Gasteiger partial charge on any atom is 0.281 e. The van der Waals surface area contributed by atoms with E-state index < -0.39 is 0 Å². The van der Waals surface area contributed by atoms with Crippen LogP contribution < -0.4 is 21.5 Å². The van der Waals surface area contributed by atoms with Crippen molar-refractivity contribution in [1.29, 1.82) is 0 Å². The number of fused-ring (bicyclic) bond motifs is 1. The summed E-state index contributed by atoms with van der Waals surface area (Å²) in [7, 11) is 1.67. The number of nitrogens with two attached hydrogens (primary N) is 1. The highest BCUT2D eigenvalue weighted by molar-refractivity contribution is 5.75. The van der Waals surface area contributed by atoms with Crippen LogP contribution in [0, 0.1) is 0 Å². The number of anilines is 2. The molecule has 0 saturated carbocycles. The van der Waals surface area contributed by atoms with E-state index in [1.807, 2.05) is 34.9 Å². The number of nitrogens with zero attached hydrogens (tertiary/aromatic N) is 5. The van der Waals surface area contributed by atoms with Crippen LogP contribution in [-0.2, 0) is 13.6 Å². The molecule has 0 amide bonds. The van der Waals surface area contributed by atoms with Crippen LogP contribution >= 0.6 is 0 Å². The normalized spacial score (nSPS) is 17.1. The molecule has 29 heavy (non-hydrogen) atoms. The van der Waals surface area contributed by atoms with E-state index in [0.717, 1.165) is 30.9 Å². The Balaban J connectivity index is 1.86. The van der Waals surface area contributed by atoms with Crippen molar-refractivity contribution in [3.63, 3.8) is 0 Å². The summed E-state index contributed by atoms with van der Waals surface area (Å²) in [6.07, 6.45) is 1.98. The Labute approximate surface area is 168 Å². The monoisotopic (exact) mass is 397 g/mol. The summed E-state index contributed by atoms with van der Waals surface area (Å²) < 4.78 is 3.42. The molecule has 4 rings (SSSR count). The second-order valence-electron chi connectivity index (χ2n) is 7.45. The molecule has 1 aromatic carbocycles. The summed E-state index contributed by atoms with van der Waals surface area (Å²) in [6, 6.07) is 10.1. The number of hydrogen-bond acceptors (Lipinski definition) is 7. The minimum atomic E-state index is -0.175. The van der Waals surface area contributed by atoms with Crippen molar-refractivity contribution in [3.8, 4) is 0 Å². The van der Waals surface area contributed by atoms with Crippen LogP contribution in [0.5, 0.6) is 0 Å². The molecule has 0 radical (unpaired) electrons. The van der Waals surface area contributed by atoms with Crippen LogP contribution in [0.1, 0.15) is 18.4 Å². The van der Waals surface area contributed by atoms with Crippen molar-refractivity contribution >= 4 is 23.1 Å². The Bertz CT molecular complexity index is 1040. The first kappa shape index (κ1) is 19.4. The van der Waals surface area contributed by atoms with Gasteiger partial charge < -0.3 is 21.1 Å². The molecule has 2 aromatic heterocycles. The highest BCUT2D eigenvalue weighted by atomic mass is 16.3. The van der Waals surface area contributed by atoms with Gasteiger partial charge >= 0.3 is 0 Å². The zero-order chi connectivity index (χ0) is 20.4. The maximum absolute atomic E-state index is 13.2. The first-order chi connectivity index (χ1) is 14.1. The smallest absolute Gasteiger partial charge is 0.281 e. The quantitative estimate of drug-likeness (QED) is 0.555. The zero-order valence-corrected chi connectivity index (χ0v) is 16.6. The lowest BCUT2D eigenvalue weighted by atomic mass is 10.1. The Kier molecular flexibility index (Phi) is 5.50. The number of nitrogens with one attached hydrogen (secondary N) is 1. The molecule has 4 N–H and O–H groups in total. The highest BCUT2D eigenvalue weighted by Crippen LogP contribution is 2.24. The molecule has 0 spiro atoms. The van der Waals surface area contributed by atoms with Crippen molar-refractivity contribution < 1.29 is 5.11 Å². The van der Waals surface area contributed by atoms with E-state index in [1.165, 1.54) is 4.57 Å². The standard InChI is InChI=1S/C20H27N7O2/c1-25-18(29)16-17(23-19(25)22-9-11-28)24-20(26-10-5-8-15(21)13-26)27(16)12-14-6-3-2-4-7-14/h2-4,6-7,15,28H,5,8-13,21H2,1H3,(H,22,23). The SMILES string of the molecule is Cn1c(NCCO)nc2nc(N3CCCC(N)C3)n(Cc3ccccc3)c2c1=O. The number of piperidine rings is 1. The van der Waals surface area contributed by atoms with Gasteiger partial charge in [0.05, 0.1) is 13.2 Å². The van der Waals surface area contributed by atoms with Gasteiger partial charge in [0, 0.05) is 32.7 Å². The third-order valence-electron chi connectivity index (χ3n) is 5.28. The second kappa shape index (κ2) is 8.22. The molecule has 3 heterocycles. The van der Waals surface area contributed by atoms with Gasteiger partial charge in [0.15, 0.2) is 11.2 Å². The summed E-state index contributed by atoms with van der Waals surface area (Å²) in [4.78, 5) is 24.7. The molecular formula is C20H27N7O2. The van der Waals surface area contributed by atoms with E-state index in [9.17, 15) is 4.79 Å². The van der Waals surface area contributed by atoms with Crippen molar-refractivity contribution in [2.24, 2.45) is 12.8 Å². The molecule has 1 saturated heterocycles. The van der Waals surface area contributed by atoms with Gasteiger partial charge in [-0.2, -0.15) is 9.97 Å². The molecule has 0 bridgehead atoms. The van der Waals surface area contributed by atoms with E-state index in [4.69, 9.17) is 15.8 Å². The fourth-order valence-corrected chi connectivity index (χ4v) is 3.82. The Hall–Kier alpha value is -2.91. The van der Waals surface area contributed by atoms with Crippen LogP contribution in [0.25, 0.3) is 11.2 Å². The molecule has 1 aliphatic heterocycles. The molecule has 0 aliphatic carbocycles. The average molecular weight is 397 g/mol. The van der Waals surface area contributed by atoms with E-state index in [-0.39, 0.29) is 18.2 Å². The first-order valence-electron chi connectivity index (χ1n) is 9.95. The number of imidazole rings is 1. The predicted molar refractivity (Wildman–Crippen MR) is 113 cm³/mol. The molecule has 1 fully saturated rings. The number of aromatic nitrogens is 4. The first-order valence-corrected chi connectivity index (χ1v) is 9.95. The van der Waals surface area contributed by atoms with Crippen molar-refractivity contribution in [1.82, 2.24) is 19.1 Å². The van der Waals surface area contributed by atoms with Gasteiger partial charge in [0.1, 0.15) is 0 Å². The lowest BCUT2D eigenvalue weighted by Crippen LogP contribution is -2.44. The van der Waals surface area contributed by atoms with Crippen LogP contribution in [-0.4, -0.2) is 56.5 Å². The van der Waals surface area contributed by atoms with Gasteiger partial charge in [-0.25, -0.2) is 0 Å². The van der Waals surface area contributed by atoms with E-state index in [2.05, 4.69) is 15.2 Å². The lowest BCUT2D eigenvalue weighted by molar-refractivity contribution is 0.310. The molecule has 1 aliphatic rings. The van der Waals surface area contributed by atoms with Gasteiger partial charge in [0.2, 0.25) is 11.9 Å². The number of rotatable bonds is 6. The van der Waals surface area contributed by atoms with Crippen molar-refractivity contribution in [2.75, 3.05) is 36.5 Å². The summed E-state index contributed by atoms with van der Waals surface area (Å²) in [5, 5.41) is 12.1. The predicted octanol–water partition coefficient (Wildman–Crippen LogP) is 0.510. The largest absolute Gasteiger partial charge is 0.395 e. The minimum Gasteiger partial charge on any atom is -0.395 e. The third kappa shape index (κ3) is 3.83. The average Bonchev–Trinajstić information content (AvgIpc) is 3.08. The van der Waals surface area contributed by atoms with Crippen LogP contribution in [0.2, 0.25) is 0 Å². The molecule has 154 valence electrons. The van der Waals surface area contributed by atoms with E-state index in [0.29, 0.717) is 36.7 Å². The van der Waals surface area contributed by atoms with Gasteiger partial charge in [0.25, 0.3) is 5.56 Å². The van der Waals surface area contributed by atoms with Gasteiger partial charge in [-0.15, -0.1) is 0 Å². The van der Waals surface area contributed by atoms with Crippen molar-refractivity contribution in [2.45, 2.75) is 25.4 Å². The number of aliphatic hydroxyl groups excluding tert-OH is 1. The molecule has 9 nitrogen and oxygen atoms in total. The van der Waals surface area contributed by atoms with E-state index >= 15 is 0 Å². The van der Waals surface area contributed by atoms with Gasteiger partial charge in [-0.1, -0.05) is 30.3 Å². The summed E-state index contributed by atoms with van der Waals surface area (Å²) in [5.41, 5.74) is 7.98. The lowest BCUT2D eigenvalue weighted by Gasteiger charge is -2.31. The number of benzene rings is 1. The molecule has 1 atom stereocenters. The molecule has 9 heteroatoms. The Morgan fingerprint density at radius 1 is 1.28 bits per heavy atom. The minimum absolute atomic E-state index is 0.0483. The Morgan fingerprint density at radius 3 is 2.79 bits per heavy atom. The summed E-state index contributed by atoms with van der Waals surface area (Å²) in [6.45, 7) is 2.34. The fraction of sp³-hybridized carbons (Fsp3) is 0.450. The molecule has 3 aromatic rings. The van der Waals surface area contributed by atoms with Gasteiger partial charge in [-0.3, -0.25) is 13.9 Å². The van der Waals surface area contributed by atoms with Crippen LogP contribution in [0.4, 0.5) is 11.9 Å². The van der Waals surface area contributed by atoms with Crippen LogP contribution in [0.15, 0.2) is 35.1 Å². The van der Waals surface area contributed by atoms with Crippen LogP contribution in [0.3, 0.4) is 0 Å². The highest BCUT2D eigenvalue weighted by Gasteiger charge is 2.25. The topological polar surface area (TPSA) is 114 Å². The summed E-state index contributed by atoms with van der Waals surface area (Å²) >= 11 is 0. The second-order valence-corrected chi connectivity index (χ2v) is 7.45. The third-order valence-corrected chi connectivity index (χ3v) is 5.28. The Morgan fingerprint density at radius 2 is 2.07 bits per heavy atom. The van der Waals surface area contributed by atoms with Gasteiger partial charge in [-0.05, 0) is 18.4 Å².